The first kappa shape index (κ1) is 16.3. The zero-order valence-corrected chi connectivity index (χ0v) is 15.3. The molecule has 3 rings (SSSR count). The maximum atomic E-state index is 2.29. The van der Waals surface area contributed by atoms with Crippen LogP contribution in [0.2, 0.25) is 0 Å². The molecule has 0 aliphatic carbocycles. The SMILES string of the molecule is CCCCc1ccc(-c2cccc3[cH-]c(C)cc23)cc1.[Zr]. The van der Waals surface area contributed by atoms with E-state index in [1.54, 1.807) is 0 Å². The molecule has 21 heavy (non-hydrogen) atoms. The first-order valence-corrected chi connectivity index (χ1v) is 7.53. The second kappa shape index (κ2) is 7.27. The van der Waals surface area contributed by atoms with Crippen molar-refractivity contribution in [2.24, 2.45) is 0 Å². The molecule has 0 aliphatic rings. The molecule has 0 bridgehead atoms. The zero-order chi connectivity index (χ0) is 13.9. The van der Waals surface area contributed by atoms with Gasteiger partial charge in [-0.2, -0.15) is 6.07 Å². The minimum Gasteiger partial charge on any atom is -0.165 e. The summed E-state index contributed by atoms with van der Waals surface area (Å²) in [6.45, 7) is 4.41. The summed E-state index contributed by atoms with van der Waals surface area (Å²) in [5, 5.41) is 2.71. The fourth-order valence-electron chi connectivity index (χ4n) is 2.87. The number of hydrogen-bond acceptors (Lipinski definition) is 0. The molecule has 0 saturated carbocycles. The molecule has 0 heterocycles. The predicted molar refractivity (Wildman–Crippen MR) is 88.3 cm³/mol. The van der Waals surface area contributed by atoms with Gasteiger partial charge in [-0.3, -0.25) is 0 Å². The Morgan fingerprint density at radius 3 is 2.48 bits per heavy atom. The van der Waals surface area contributed by atoms with Gasteiger partial charge in [0, 0.05) is 26.2 Å². The second-order valence-electron chi connectivity index (χ2n) is 5.64. The van der Waals surface area contributed by atoms with Gasteiger partial charge < -0.3 is 0 Å². The van der Waals surface area contributed by atoms with Crippen LogP contribution in [0.5, 0.6) is 0 Å². The average Bonchev–Trinajstić information content (AvgIpc) is 2.85. The van der Waals surface area contributed by atoms with Gasteiger partial charge in [0.15, 0.2) is 0 Å². The molecule has 0 fully saturated rings. The Morgan fingerprint density at radius 2 is 1.76 bits per heavy atom. The van der Waals surface area contributed by atoms with Gasteiger partial charge in [0.1, 0.15) is 0 Å². The molecular formula is C20H21Zr-. The second-order valence-corrected chi connectivity index (χ2v) is 5.64. The van der Waals surface area contributed by atoms with E-state index in [0.29, 0.717) is 0 Å². The van der Waals surface area contributed by atoms with Crippen LogP contribution in [0, 0.1) is 6.92 Å². The predicted octanol–water partition coefficient (Wildman–Crippen LogP) is 5.87. The third-order valence-corrected chi connectivity index (χ3v) is 3.98. The quantitative estimate of drug-likeness (QED) is 0.515. The smallest absolute Gasteiger partial charge is 0 e. The third-order valence-electron chi connectivity index (χ3n) is 3.98. The van der Waals surface area contributed by atoms with Crippen molar-refractivity contribution in [3.05, 3.63) is 65.7 Å². The van der Waals surface area contributed by atoms with Crippen molar-refractivity contribution in [2.75, 3.05) is 0 Å². The average molecular weight is 353 g/mol. The summed E-state index contributed by atoms with van der Waals surface area (Å²) < 4.78 is 0. The summed E-state index contributed by atoms with van der Waals surface area (Å²) in [5.41, 5.74) is 5.45. The van der Waals surface area contributed by atoms with E-state index >= 15 is 0 Å². The molecule has 0 amide bonds. The molecule has 0 nitrogen and oxygen atoms in total. The van der Waals surface area contributed by atoms with E-state index in [0.717, 1.165) is 0 Å². The first-order valence-electron chi connectivity index (χ1n) is 7.53. The summed E-state index contributed by atoms with van der Waals surface area (Å²) >= 11 is 0. The molecule has 106 valence electrons. The summed E-state index contributed by atoms with van der Waals surface area (Å²) in [4.78, 5) is 0. The Bertz CT molecular complexity index is 704. The molecular weight excluding hydrogens is 331 g/mol. The van der Waals surface area contributed by atoms with Crippen LogP contribution in [0.3, 0.4) is 0 Å². The molecule has 0 atom stereocenters. The Morgan fingerprint density at radius 1 is 1.00 bits per heavy atom. The molecule has 3 aromatic rings. The van der Waals surface area contributed by atoms with Gasteiger partial charge in [-0.05, 0) is 24.0 Å². The Balaban J connectivity index is 0.00000161. The minimum absolute atomic E-state index is 0. The van der Waals surface area contributed by atoms with Crippen molar-refractivity contribution in [1.29, 1.82) is 0 Å². The van der Waals surface area contributed by atoms with Crippen molar-refractivity contribution in [2.45, 2.75) is 33.1 Å². The summed E-state index contributed by atoms with van der Waals surface area (Å²) in [5.74, 6) is 0. The van der Waals surface area contributed by atoms with Gasteiger partial charge in [-0.1, -0.05) is 56.2 Å². The van der Waals surface area contributed by atoms with Crippen molar-refractivity contribution >= 4 is 10.8 Å². The van der Waals surface area contributed by atoms with Crippen LogP contribution in [-0.2, 0) is 32.6 Å². The fraction of sp³-hybridized carbons (Fsp3) is 0.250. The van der Waals surface area contributed by atoms with Crippen LogP contribution in [0.15, 0.2) is 54.6 Å². The maximum Gasteiger partial charge on any atom is 0 e. The van der Waals surface area contributed by atoms with Gasteiger partial charge in [-0.25, -0.2) is 0 Å². The van der Waals surface area contributed by atoms with Gasteiger partial charge in [0.25, 0.3) is 0 Å². The Hall–Kier alpha value is -1.07. The van der Waals surface area contributed by atoms with Crippen molar-refractivity contribution in [1.82, 2.24) is 0 Å². The van der Waals surface area contributed by atoms with Crippen LogP contribution in [-0.4, -0.2) is 0 Å². The standard InChI is InChI=1S/C20H21.Zr/c1-3-4-6-16-9-11-17(12-10-16)19-8-5-7-18-13-15(2)14-20(18)19;/h5,7-14H,3-4,6H2,1-2H3;/q-1;. The van der Waals surface area contributed by atoms with Gasteiger partial charge in [0.2, 0.25) is 0 Å². The monoisotopic (exact) mass is 351 g/mol. The van der Waals surface area contributed by atoms with E-state index in [9.17, 15) is 0 Å². The maximum absolute atomic E-state index is 2.29. The van der Waals surface area contributed by atoms with Crippen molar-refractivity contribution in [3.8, 4) is 11.1 Å². The molecule has 0 unspecified atom stereocenters. The Labute approximate surface area is 146 Å². The normalized spacial score (nSPS) is 10.6. The van der Waals surface area contributed by atoms with Crippen LogP contribution < -0.4 is 0 Å². The largest absolute Gasteiger partial charge is 0.165 e. The Kier molecular flexibility index (Phi) is 5.65. The third kappa shape index (κ3) is 3.58. The number of hydrogen-bond donors (Lipinski definition) is 0. The van der Waals surface area contributed by atoms with Crippen molar-refractivity contribution < 1.29 is 26.2 Å². The molecule has 1 heteroatoms. The van der Waals surface area contributed by atoms with E-state index < -0.39 is 0 Å². The number of rotatable bonds is 4. The van der Waals surface area contributed by atoms with Crippen LogP contribution in [0.4, 0.5) is 0 Å². The van der Waals surface area contributed by atoms with Crippen molar-refractivity contribution in [3.63, 3.8) is 0 Å². The molecule has 0 saturated heterocycles. The summed E-state index contributed by atoms with van der Waals surface area (Å²) in [6, 6.07) is 20.2. The fourth-order valence-corrected chi connectivity index (χ4v) is 2.87. The topological polar surface area (TPSA) is 0 Å². The molecule has 0 N–H and O–H groups in total. The zero-order valence-electron chi connectivity index (χ0n) is 12.8. The van der Waals surface area contributed by atoms with Crippen LogP contribution in [0.25, 0.3) is 21.9 Å². The molecule has 0 aliphatic heterocycles. The minimum atomic E-state index is 0. The summed E-state index contributed by atoms with van der Waals surface area (Å²) in [6.07, 6.45) is 3.72. The number of fused-ring (bicyclic) bond motifs is 1. The van der Waals surface area contributed by atoms with Crippen LogP contribution >= 0.6 is 0 Å². The molecule has 0 aromatic heterocycles. The molecule has 0 radical (unpaired) electrons. The van der Waals surface area contributed by atoms with E-state index in [1.807, 2.05) is 0 Å². The van der Waals surface area contributed by atoms with E-state index in [2.05, 4.69) is 68.4 Å². The number of benzene rings is 2. The van der Waals surface area contributed by atoms with Gasteiger partial charge >= 0.3 is 0 Å². The van der Waals surface area contributed by atoms with E-state index in [-0.39, 0.29) is 26.2 Å². The van der Waals surface area contributed by atoms with E-state index in [4.69, 9.17) is 0 Å². The number of unbranched alkanes of at least 4 members (excludes halogenated alkanes) is 1. The number of aryl methyl sites for hydroxylation is 2. The van der Waals surface area contributed by atoms with Crippen LogP contribution in [0.1, 0.15) is 30.9 Å². The van der Waals surface area contributed by atoms with Gasteiger partial charge in [-0.15, -0.1) is 34.5 Å². The first-order chi connectivity index (χ1) is 9.78. The van der Waals surface area contributed by atoms with Gasteiger partial charge in [0.05, 0.1) is 0 Å². The molecule has 0 spiro atoms. The summed E-state index contributed by atoms with van der Waals surface area (Å²) in [7, 11) is 0. The molecule has 3 aromatic carbocycles. The van der Waals surface area contributed by atoms with E-state index in [1.165, 1.54) is 52.3 Å².